The number of ether oxygens (including phenoxy) is 1. The number of carbonyl (C=O) groups excluding carboxylic acids is 1. The fourth-order valence-corrected chi connectivity index (χ4v) is 2.73. The van der Waals surface area contributed by atoms with Crippen LogP contribution in [-0.4, -0.2) is 28.7 Å². The van der Waals surface area contributed by atoms with Gasteiger partial charge in [0, 0.05) is 24.1 Å². The maximum Gasteiger partial charge on any atom is 0.337 e. The van der Waals surface area contributed by atoms with Gasteiger partial charge >= 0.3 is 5.97 Å². The number of carbonyl (C=O) groups is 2. The minimum atomic E-state index is -1.23. The van der Waals surface area contributed by atoms with E-state index in [4.69, 9.17) is 21.4 Å². The molecule has 2 aromatic rings. The number of aromatic carboxylic acids is 1. The van der Waals surface area contributed by atoms with Crippen molar-refractivity contribution in [2.45, 2.75) is 20.1 Å². The van der Waals surface area contributed by atoms with Crippen molar-refractivity contribution in [3.8, 4) is 6.07 Å². The van der Waals surface area contributed by atoms with E-state index in [2.05, 4.69) is 5.32 Å². The standard InChI is InChI=1S/C18H16ClN3O5/c1-10-5-11(9-27-2)14(7-20)17(24)22(10)8-16(23)21-12-3-4-15(19)13(6-12)18(25)26/h3-6H,8-9H2,1-2H3,(H,21,23)(H,25,26). The second kappa shape index (κ2) is 8.49. The average Bonchev–Trinajstić information content (AvgIpc) is 2.60. The number of anilines is 1. The van der Waals surface area contributed by atoms with Gasteiger partial charge in [0.15, 0.2) is 0 Å². The quantitative estimate of drug-likeness (QED) is 0.780. The smallest absolute Gasteiger partial charge is 0.337 e. The first-order valence-corrected chi connectivity index (χ1v) is 8.11. The maximum absolute atomic E-state index is 12.5. The molecule has 140 valence electrons. The molecule has 0 atom stereocenters. The molecule has 0 saturated carbocycles. The van der Waals surface area contributed by atoms with Crippen LogP contribution in [0, 0.1) is 18.3 Å². The van der Waals surface area contributed by atoms with Gasteiger partial charge in [0.1, 0.15) is 18.2 Å². The van der Waals surface area contributed by atoms with Crippen LogP contribution in [0.2, 0.25) is 5.02 Å². The SMILES string of the molecule is COCc1cc(C)n(CC(=O)Nc2ccc(Cl)c(C(=O)O)c2)c(=O)c1C#N. The summed E-state index contributed by atoms with van der Waals surface area (Å²) in [6.07, 6.45) is 0. The van der Waals surface area contributed by atoms with E-state index in [0.29, 0.717) is 11.3 Å². The van der Waals surface area contributed by atoms with Crippen LogP contribution in [-0.2, 0) is 22.7 Å². The zero-order valence-electron chi connectivity index (χ0n) is 14.6. The van der Waals surface area contributed by atoms with E-state index in [1.807, 2.05) is 6.07 Å². The number of benzene rings is 1. The number of nitrogens with one attached hydrogen (secondary N) is 1. The number of halogens is 1. The van der Waals surface area contributed by atoms with Crippen molar-refractivity contribution in [2.75, 3.05) is 12.4 Å². The molecular formula is C18H16ClN3O5. The number of nitriles is 1. The van der Waals surface area contributed by atoms with Gasteiger partial charge in [0.25, 0.3) is 5.56 Å². The fraction of sp³-hybridized carbons (Fsp3) is 0.222. The second-order valence-corrected chi connectivity index (χ2v) is 6.08. The largest absolute Gasteiger partial charge is 0.478 e. The molecule has 0 saturated heterocycles. The van der Waals surface area contributed by atoms with Crippen LogP contribution >= 0.6 is 11.6 Å². The molecule has 0 bridgehead atoms. The van der Waals surface area contributed by atoms with E-state index in [9.17, 15) is 19.6 Å². The molecule has 0 fully saturated rings. The summed E-state index contributed by atoms with van der Waals surface area (Å²) in [5.41, 5.74) is 0.325. The highest BCUT2D eigenvalue weighted by atomic mass is 35.5. The lowest BCUT2D eigenvalue weighted by Crippen LogP contribution is -2.31. The molecule has 0 radical (unpaired) electrons. The van der Waals surface area contributed by atoms with Gasteiger partial charge in [-0.2, -0.15) is 5.26 Å². The van der Waals surface area contributed by atoms with Gasteiger partial charge in [-0.15, -0.1) is 0 Å². The first-order valence-electron chi connectivity index (χ1n) is 7.73. The number of aryl methyl sites for hydroxylation is 1. The van der Waals surface area contributed by atoms with E-state index in [0.717, 1.165) is 0 Å². The summed E-state index contributed by atoms with van der Waals surface area (Å²) >= 11 is 5.79. The molecule has 0 aliphatic rings. The minimum Gasteiger partial charge on any atom is -0.478 e. The van der Waals surface area contributed by atoms with Gasteiger partial charge < -0.3 is 19.7 Å². The van der Waals surface area contributed by atoms with E-state index in [-0.39, 0.29) is 35.0 Å². The van der Waals surface area contributed by atoms with Crippen molar-refractivity contribution in [1.82, 2.24) is 4.57 Å². The van der Waals surface area contributed by atoms with Gasteiger partial charge in [-0.1, -0.05) is 11.6 Å². The van der Waals surface area contributed by atoms with Gasteiger partial charge in [-0.3, -0.25) is 9.59 Å². The topological polar surface area (TPSA) is 121 Å². The third-order valence-corrected chi connectivity index (χ3v) is 4.11. The van der Waals surface area contributed by atoms with Crippen molar-refractivity contribution in [2.24, 2.45) is 0 Å². The molecule has 0 spiro atoms. The molecule has 2 N–H and O–H groups in total. The van der Waals surface area contributed by atoms with E-state index >= 15 is 0 Å². The van der Waals surface area contributed by atoms with Crippen LogP contribution in [0.4, 0.5) is 5.69 Å². The lowest BCUT2D eigenvalue weighted by atomic mass is 10.1. The van der Waals surface area contributed by atoms with E-state index in [1.54, 1.807) is 13.0 Å². The van der Waals surface area contributed by atoms with Crippen LogP contribution in [0.25, 0.3) is 0 Å². The summed E-state index contributed by atoms with van der Waals surface area (Å²) in [6.45, 7) is 1.41. The molecule has 1 aromatic carbocycles. The predicted molar refractivity (Wildman–Crippen MR) is 97.9 cm³/mol. The zero-order chi connectivity index (χ0) is 20.1. The summed E-state index contributed by atoms with van der Waals surface area (Å²) < 4.78 is 6.15. The third-order valence-electron chi connectivity index (χ3n) is 3.78. The monoisotopic (exact) mass is 389 g/mol. The van der Waals surface area contributed by atoms with Crippen molar-refractivity contribution >= 4 is 29.2 Å². The molecule has 1 heterocycles. The number of hydrogen-bond acceptors (Lipinski definition) is 5. The van der Waals surface area contributed by atoms with E-state index in [1.165, 1.54) is 29.9 Å². The fourth-order valence-electron chi connectivity index (χ4n) is 2.53. The normalized spacial score (nSPS) is 10.3. The number of amides is 1. The van der Waals surface area contributed by atoms with Crippen LogP contribution in [0.1, 0.15) is 27.2 Å². The Morgan fingerprint density at radius 3 is 2.67 bits per heavy atom. The lowest BCUT2D eigenvalue weighted by Gasteiger charge is -2.13. The Balaban J connectivity index is 2.29. The first kappa shape index (κ1) is 20.2. The highest BCUT2D eigenvalue weighted by Gasteiger charge is 2.16. The lowest BCUT2D eigenvalue weighted by molar-refractivity contribution is -0.116. The molecular weight excluding hydrogens is 374 g/mol. The minimum absolute atomic E-state index is 0.0416. The first-order chi connectivity index (χ1) is 12.8. The Labute approximate surface area is 159 Å². The van der Waals surface area contributed by atoms with Gasteiger partial charge in [-0.05, 0) is 31.2 Å². The molecule has 8 nitrogen and oxygen atoms in total. The number of methoxy groups -OCH3 is 1. The Bertz CT molecular complexity index is 1010. The molecule has 0 unspecified atom stereocenters. The van der Waals surface area contributed by atoms with E-state index < -0.39 is 17.4 Å². The predicted octanol–water partition coefficient (Wildman–Crippen LogP) is 2.17. The number of carboxylic acid groups (broad SMARTS) is 1. The number of pyridine rings is 1. The Hall–Kier alpha value is -3.15. The number of carboxylic acids is 1. The average molecular weight is 390 g/mol. The molecule has 1 aromatic heterocycles. The number of rotatable bonds is 6. The van der Waals surface area contributed by atoms with Gasteiger partial charge in [-0.25, -0.2) is 4.79 Å². The molecule has 2 rings (SSSR count). The van der Waals surface area contributed by atoms with Crippen LogP contribution < -0.4 is 10.9 Å². The molecule has 27 heavy (non-hydrogen) atoms. The number of nitrogens with zero attached hydrogens (tertiary/aromatic N) is 2. The Morgan fingerprint density at radius 2 is 2.07 bits per heavy atom. The summed E-state index contributed by atoms with van der Waals surface area (Å²) in [5, 5.41) is 20.9. The van der Waals surface area contributed by atoms with Crippen LogP contribution in [0.5, 0.6) is 0 Å². The van der Waals surface area contributed by atoms with Crippen molar-refractivity contribution in [3.05, 3.63) is 62.0 Å². The molecule has 0 aliphatic heterocycles. The molecule has 1 amide bonds. The van der Waals surface area contributed by atoms with Crippen molar-refractivity contribution < 1.29 is 19.4 Å². The summed E-state index contributed by atoms with van der Waals surface area (Å²) in [4.78, 5) is 35.9. The van der Waals surface area contributed by atoms with Crippen LogP contribution in [0.3, 0.4) is 0 Å². The van der Waals surface area contributed by atoms with Crippen LogP contribution in [0.15, 0.2) is 29.1 Å². The molecule has 0 aliphatic carbocycles. The molecule has 9 heteroatoms. The summed E-state index contributed by atoms with van der Waals surface area (Å²) in [6, 6.07) is 7.48. The maximum atomic E-state index is 12.5. The summed E-state index contributed by atoms with van der Waals surface area (Å²) in [7, 11) is 1.45. The van der Waals surface area contributed by atoms with Crippen molar-refractivity contribution in [3.63, 3.8) is 0 Å². The van der Waals surface area contributed by atoms with Gasteiger partial charge in [0.05, 0.1) is 17.2 Å². The zero-order valence-corrected chi connectivity index (χ0v) is 15.3. The highest BCUT2D eigenvalue weighted by molar-refractivity contribution is 6.33. The Morgan fingerprint density at radius 1 is 1.37 bits per heavy atom. The number of hydrogen-bond donors (Lipinski definition) is 2. The highest BCUT2D eigenvalue weighted by Crippen LogP contribution is 2.20. The van der Waals surface area contributed by atoms with Gasteiger partial charge in [0.2, 0.25) is 5.91 Å². The third kappa shape index (κ3) is 4.53. The number of aromatic nitrogens is 1. The second-order valence-electron chi connectivity index (χ2n) is 5.67. The van der Waals surface area contributed by atoms with Crippen molar-refractivity contribution in [1.29, 1.82) is 5.26 Å². The Kier molecular flexibility index (Phi) is 6.34. The summed E-state index contributed by atoms with van der Waals surface area (Å²) in [5.74, 6) is -1.78.